The fourth-order valence-electron chi connectivity index (χ4n) is 2.08. The number of hydrogen-bond acceptors (Lipinski definition) is 1. The maximum absolute atomic E-state index is 13.0. The summed E-state index contributed by atoms with van der Waals surface area (Å²) in [5.74, 6) is -0.361. The van der Waals surface area contributed by atoms with Crippen LogP contribution in [0.3, 0.4) is 0 Å². The third-order valence-electron chi connectivity index (χ3n) is 3.13. The fourth-order valence-corrected chi connectivity index (χ4v) is 2.26. The molecule has 2 nitrogen and oxygen atoms in total. The van der Waals surface area contributed by atoms with E-state index in [-0.39, 0.29) is 10.8 Å². The molecule has 2 rings (SSSR count). The molecule has 16 heavy (non-hydrogen) atoms. The van der Waals surface area contributed by atoms with Gasteiger partial charge in [0.25, 0.3) is 0 Å². The molecule has 0 unspecified atom stereocenters. The van der Waals surface area contributed by atoms with Gasteiger partial charge in [-0.1, -0.05) is 11.6 Å². The molecule has 1 aromatic rings. The van der Waals surface area contributed by atoms with Gasteiger partial charge in [-0.15, -0.1) is 0 Å². The summed E-state index contributed by atoms with van der Waals surface area (Å²) >= 11 is 5.74. The average molecular weight is 244 g/mol. The molecular weight excluding hydrogens is 227 g/mol. The summed E-state index contributed by atoms with van der Waals surface area (Å²) in [4.78, 5) is 1.58. The Morgan fingerprint density at radius 2 is 2.06 bits per heavy atom. The van der Waals surface area contributed by atoms with Crippen molar-refractivity contribution in [2.45, 2.75) is 18.9 Å². The van der Waals surface area contributed by atoms with Gasteiger partial charge in [0.15, 0.2) is 0 Å². The third-order valence-corrected chi connectivity index (χ3v) is 3.42. The molecule has 2 N–H and O–H groups in total. The second kappa shape index (κ2) is 5.02. The number of hydrogen-bond donors (Lipinski definition) is 2. The Bertz CT molecular complexity index is 362. The molecular formula is C12H17ClFN2+. The molecule has 1 aromatic carbocycles. The number of anilines is 1. The lowest BCUT2D eigenvalue weighted by molar-refractivity contribution is -0.884. The number of benzene rings is 1. The molecule has 88 valence electrons. The van der Waals surface area contributed by atoms with E-state index in [9.17, 15) is 4.39 Å². The maximum atomic E-state index is 13.0. The van der Waals surface area contributed by atoms with E-state index in [4.69, 9.17) is 11.6 Å². The van der Waals surface area contributed by atoms with E-state index < -0.39 is 0 Å². The summed E-state index contributed by atoms with van der Waals surface area (Å²) in [7, 11) is 2.21. The molecule has 1 saturated heterocycles. The van der Waals surface area contributed by atoms with Crippen LogP contribution < -0.4 is 10.2 Å². The predicted molar refractivity (Wildman–Crippen MR) is 64.7 cm³/mol. The lowest BCUT2D eigenvalue weighted by Crippen LogP contribution is -3.10. The van der Waals surface area contributed by atoms with Crippen LogP contribution in [0.5, 0.6) is 0 Å². The van der Waals surface area contributed by atoms with Gasteiger partial charge in [-0.3, -0.25) is 0 Å². The monoisotopic (exact) mass is 243 g/mol. The number of piperidine rings is 1. The van der Waals surface area contributed by atoms with Crippen molar-refractivity contribution in [1.82, 2.24) is 0 Å². The fraction of sp³-hybridized carbons (Fsp3) is 0.500. The molecule has 0 saturated carbocycles. The first kappa shape index (κ1) is 11.7. The minimum atomic E-state index is -0.361. The van der Waals surface area contributed by atoms with Crippen LogP contribution in [0, 0.1) is 5.82 Å². The minimum absolute atomic E-state index is 0.184. The predicted octanol–water partition coefficient (Wildman–Crippen LogP) is 1.57. The van der Waals surface area contributed by atoms with Gasteiger partial charge in [0, 0.05) is 24.6 Å². The highest BCUT2D eigenvalue weighted by molar-refractivity contribution is 6.31. The van der Waals surface area contributed by atoms with Gasteiger partial charge in [-0.05, 0) is 18.2 Å². The van der Waals surface area contributed by atoms with E-state index in [1.807, 2.05) is 0 Å². The molecule has 0 aromatic heterocycles. The van der Waals surface area contributed by atoms with Crippen molar-refractivity contribution in [2.24, 2.45) is 0 Å². The first-order valence-electron chi connectivity index (χ1n) is 5.68. The van der Waals surface area contributed by atoms with E-state index >= 15 is 0 Å². The van der Waals surface area contributed by atoms with Gasteiger partial charge in [0.1, 0.15) is 5.82 Å². The minimum Gasteiger partial charge on any atom is -0.382 e. The highest BCUT2D eigenvalue weighted by Crippen LogP contribution is 2.20. The zero-order valence-electron chi connectivity index (χ0n) is 9.39. The Balaban J connectivity index is 1.96. The summed E-state index contributed by atoms with van der Waals surface area (Å²) in [6.45, 7) is 2.37. The average Bonchev–Trinajstić information content (AvgIpc) is 2.27. The van der Waals surface area contributed by atoms with Crippen molar-refractivity contribution in [3.05, 3.63) is 29.0 Å². The van der Waals surface area contributed by atoms with Gasteiger partial charge < -0.3 is 10.2 Å². The number of nitrogens with one attached hydrogen (secondary N) is 2. The molecule has 1 aliphatic rings. The van der Waals surface area contributed by atoms with Crippen LogP contribution in [-0.2, 0) is 0 Å². The van der Waals surface area contributed by atoms with E-state index in [0.29, 0.717) is 6.04 Å². The Labute approximate surface area is 100 Å². The summed E-state index contributed by atoms with van der Waals surface area (Å²) in [5, 5.41) is 3.59. The van der Waals surface area contributed by atoms with E-state index in [1.54, 1.807) is 17.0 Å². The van der Waals surface area contributed by atoms with E-state index in [0.717, 1.165) is 18.5 Å². The van der Waals surface area contributed by atoms with E-state index in [2.05, 4.69) is 12.4 Å². The van der Waals surface area contributed by atoms with Gasteiger partial charge in [-0.25, -0.2) is 4.39 Å². The molecule has 1 aliphatic heterocycles. The second-order valence-corrected chi connectivity index (χ2v) is 4.91. The standard InChI is InChI=1S/C12H16ClFN2/c1-16-6-4-9(5-7-16)15-10-2-3-12(14)11(13)8-10/h2-3,8-9,15H,4-7H2,1H3/p+1. The van der Waals surface area contributed by atoms with Gasteiger partial charge in [-0.2, -0.15) is 0 Å². The third kappa shape index (κ3) is 2.86. The van der Waals surface area contributed by atoms with Crippen LogP contribution >= 0.6 is 11.6 Å². The van der Waals surface area contributed by atoms with Crippen LogP contribution in [0.2, 0.25) is 5.02 Å². The van der Waals surface area contributed by atoms with Crippen molar-refractivity contribution < 1.29 is 9.29 Å². The van der Waals surface area contributed by atoms with Crippen LogP contribution in [0.15, 0.2) is 18.2 Å². The highest BCUT2D eigenvalue weighted by Gasteiger charge is 2.19. The van der Waals surface area contributed by atoms with Crippen LogP contribution in [0.1, 0.15) is 12.8 Å². The summed E-state index contributed by atoms with van der Waals surface area (Å²) in [6, 6.07) is 5.30. The highest BCUT2D eigenvalue weighted by atomic mass is 35.5. The first-order chi connectivity index (χ1) is 7.65. The molecule has 0 bridgehead atoms. The Morgan fingerprint density at radius 3 is 2.69 bits per heavy atom. The normalized spacial score (nSPS) is 25.4. The lowest BCUT2D eigenvalue weighted by atomic mass is 10.1. The second-order valence-electron chi connectivity index (χ2n) is 4.50. The van der Waals surface area contributed by atoms with Gasteiger partial charge in [0.05, 0.1) is 25.2 Å². The number of quaternary nitrogens is 1. The zero-order chi connectivity index (χ0) is 11.5. The molecule has 0 atom stereocenters. The Morgan fingerprint density at radius 1 is 1.38 bits per heavy atom. The van der Waals surface area contributed by atoms with Crippen LogP contribution in [0.25, 0.3) is 0 Å². The summed E-state index contributed by atoms with van der Waals surface area (Å²) in [6.07, 6.45) is 2.31. The van der Waals surface area contributed by atoms with Gasteiger partial charge in [0.2, 0.25) is 0 Å². The lowest BCUT2D eigenvalue weighted by Gasteiger charge is -2.27. The molecule has 0 aliphatic carbocycles. The summed E-state index contributed by atoms with van der Waals surface area (Å²) in [5.41, 5.74) is 0.913. The van der Waals surface area contributed by atoms with Gasteiger partial charge >= 0.3 is 0 Å². The van der Waals surface area contributed by atoms with Crippen LogP contribution in [0.4, 0.5) is 10.1 Å². The maximum Gasteiger partial charge on any atom is 0.141 e. The molecule has 0 radical (unpaired) electrons. The summed E-state index contributed by atoms with van der Waals surface area (Å²) < 4.78 is 13.0. The van der Waals surface area contributed by atoms with Crippen molar-refractivity contribution >= 4 is 17.3 Å². The van der Waals surface area contributed by atoms with Crippen molar-refractivity contribution in [3.8, 4) is 0 Å². The first-order valence-corrected chi connectivity index (χ1v) is 6.06. The molecule has 0 amide bonds. The SMILES string of the molecule is C[NH+]1CCC(Nc2ccc(F)c(Cl)c2)CC1. The molecule has 1 heterocycles. The molecule has 1 fully saturated rings. The molecule has 4 heteroatoms. The Kier molecular flexibility index (Phi) is 3.66. The smallest absolute Gasteiger partial charge is 0.141 e. The quantitative estimate of drug-likeness (QED) is 0.806. The largest absolute Gasteiger partial charge is 0.382 e. The Hall–Kier alpha value is -0.800. The zero-order valence-corrected chi connectivity index (χ0v) is 10.1. The van der Waals surface area contributed by atoms with Crippen molar-refractivity contribution in [1.29, 1.82) is 0 Å². The topological polar surface area (TPSA) is 16.5 Å². The number of halogens is 2. The number of rotatable bonds is 2. The molecule has 0 spiro atoms. The van der Waals surface area contributed by atoms with Crippen molar-refractivity contribution in [2.75, 3.05) is 25.5 Å². The van der Waals surface area contributed by atoms with E-state index in [1.165, 1.54) is 19.2 Å². The van der Waals surface area contributed by atoms with Crippen LogP contribution in [-0.4, -0.2) is 26.2 Å². The van der Waals surface area contributed by atoms with Crippen molar-refractivity contribution in [3.63, 3.8) is 0 Å². The number of likely N-dealkylation sites (tertiary alicyclic amines) is 1.